The van der Waals surface area contributed by atoms with Crippen molar-refractivity contribution in [1.82, 2.24) is 10.2 Å². The molecule has 0 unspecified atom stereocenters. The summed E-state index contributed by atoms with van der Waals surface area (Å²) >= 11 is 0. The van der Waals surface area contributed by atoms with Crippen LogP contribution in [-0.4, -0.2) is 27.6 Å². The fourth-order valence-electron chi connectivity index (χ4n) is 2.26. The molecule has 3 rings (SSSR count). The fourth-order valence-corrected chi connectivity index (χ4v) is 2.26. The molecule has 0 saturated carbocycles. The lowest BCUT2D eigenvalue weighted by Crippen LogP contribution is -2.12. The third-order valence-corrected chi connectivity index (χ3v) is 3.53. The van der Waals surface area contributed by atoms with Crippen LogP contribution in [0.2, 0.25) is 0 Å². The summed E-state index contributed by atoms with van der Waals surface area (Å²) in [5.74, 6) is -0.472. The molecule has 1 heterocycles. The van der Waals surface area contributed by atoms with E-state index >= 15 is 0 Å². The van der Waals surface area contributed by atoms with Gasteiger partial charge in [0.05, 0.1) is 10.6 Å². The number of amides is 1. The number of nitrogens with zero attached hydrogens (tertiary/aromatic N) is 2. The first kappa shape index (κ1) is 18.0. The van der Waals surface area contributed by atoms with E-state index in [1.807, 2.05) is 0 Å². The minimum Gasteiger partial charge on any atom is -0.435 e. The topological polar surface area (TPSA) is 110 Å². The summed E-state index contributed by atoms with van der Waals surface area (Å²) in [6, 6.07) is 12.7. The zero-order valence-electron chi connectivity index (χ0n) is 13.6. The van der Waals surface area contributed by atoms with Gasteiger partial charge in [-0.25, -0.2) is 0 Å². The van der Waals surface area contributed by atoms with Crippen molar-refractivity contribution in [3.63, 3.8) is 0 Å². The number of nitro benzene ring substituents is 1. The van der Waals surface area contributed by atoms with Gasteiger partial charge in [0, 0.05) is 23.4 Å². The lowest BCUT2D eigenvalue weighted by Gasteiger charge is -2.04. The molecule has 2 N–H and O–H groups in total. The molecule has 27 heavy (non-hydrogen) atoms. The molecule has 0 aliphatic carbocycles. The Labute approximate surface area is 150 Å². The molecule has 0 radical (unpaired) electrons. The number of nitrogens with one attached hydrogen (secondary N) is 2. The van der Waals surface area contributed by atoms with Crippen molar-refractivity contribution < 1.29 is 23.2 Å². The molecule has 0 atom stereocenters. The lowest BCUT2D eigenvalue weighted by atomic mass is 10.1. The van der Waals surface area contributed by atoms with E-state index in [2.05, 4.69) is 20.3 Å². The number of halogens is 2. The van der Waals surface area contributed by atoms with E-state index < -0.39 is 17.4 Å². The maximum atomic E-state index is 12.2. The number of benzene rings is 2. The Morgan fingerprint density at radius 1 is 1.15 bits per heavy atom. The molecule has 1 amide bonds. The summed E-state index contributed by atoms with van der Waals surface area (Å²) in [4.78, 5) is 22.3. The van der Waals surface area contributed by atoms with Crippen LogP contribution in [0.25, 0.3) is 11.3 Å². The maximum absolute atomic E-state index is 12.2. The molecule has 0 fully saturated rings. The Hall–Kier alpha value is -3.82. The Kier molecular flexibility index (Phi) is 5.06. The van der Waals surface area contributed by atoms with Crippen molar-refractivity contribution in [3.05, 3.63) is 70.4 Å². The minimum absolute atomic E-state index is 0.0143. The van der Waals surface area contributed by atoms with Gasteiger partial charge in [0.1, 0.15) is 11.4 Å². The number of ether oxygens (including phenoxy) is 1. The molecule has 1 aromatic heterocycles. The average Bonchev–Trinajstić information content (AvgIpc) is 3.12. The third-order valence-electron chi connectivity index (χ3n) is 3.53. The first-order valence-corrected chi connectivity index (χ1v) is 7.59. The highest BCUT2D eigenvalue weighted by molar-refractivity contribution is 6.03. The summed E-state index contributed by atoms with van der Waals surface area (Å²) in [6.07, 6.45) is 0. The maximum Gasteiger partial charge on any atom is 0.387 e. The van der Waals surface area contributed by atoms with Gasteiger partial charge in [-0.15, -0.1) is 0 Å². The molecule has 0 spiro atoms. The number of hydrogen-bond donors (Lipinski definition) is 2. The SMILES string of the molecule is O=C(Nc1ccc([N+](=O)[O-])cc1)c1cc(-c2ccc(OC(F)F)cc2)n[nH]1. The molecular formula is C17H12F2N4O4. The van der Waals surface area contributed by atoms with E-state index in [4.69, 9.17) is 0 Å². The van der Waals surface area contributed by atoms with Crippen molar-refractivity contribution in [3.8, 4) is 17.0 Å². The van der Waals surface area contributed by atoms with Crippen LogP contribution in [0.5, 0.6) is 5.75 Å². The molecule has 2 aromatic carbocycles. The summed E-state index contributed by atoms with van der Waals surface area (Å²) in [7, 11) is 0. The van der Waals surface area contributed by atoms with Crippen LogP contribution < -0.4 is 10.1 Å². The van der Waals surface area contributed by atoms with Gasteiger partial charge >= 0.3 is 6.61 Å². The van der Waals surface area contributed by atoms with E-state index in [-0.39, 0.29) is 17.1 Å². The second kappa shape index (κ2) is 7.60. The van der Waals surface area contributed by atoms with E-state index in [0.29, 0.717) is 16.9 Å². The van der Waals surface area contributed by atoms with Gasteiger partial charge in [0.15, 0.2) is 0 Å². The Morgan fingerprint density at radius 2 is 1.81 bits per heavy atom. The Bertz CT molecular complexity index is 956. The second-order valence-electron chi connectivity index (χ2n) is 5.33. The van der Waals surface area contributed by atoms with Crippen molar-refractivity contribution in [1.29, 1.82) is 0 Å². The van der Waals surface area contributed by atoms with Crippen LogP contribution in [-0.2, 0) is 0 Å². The fraction of sp³-hybridized carbons (Fsp3) is 0.0588. The summed E-state index contributed by atoms with van der Waals surface area (Å²) < 4.78 is 28.6. The predicted molar refractivity (Wildman–Crippen MR) is 91.7 cm³/mol. The number of non-ortho nitro benzene ring substituents is 1. The van der Waals surface area contributed by atoms with Crippen LogP contribution in [0.1, 0.15) is 10.5 Å². The standard InChI is InChI=1S/C17H12F2N4O4/c18-17(19)27-13-7-1-10(2-8-13)14-9-15(22-21-14)16(24)20-11-3-5-12(6-4-11)23(25)26/h1-9,17H,(H,20,24)(H,21,22). The van der Waals surface area contributed by atoms with Crippen molar-refractivity contribution in [2.24, 2.45) is 0 Å². The van der Waals surface area contributed by atoms with Crippen molar-refractivity contribution in [2.45, 2.75) is 6.61 Å². The number of H-pyrrole nitrogens is 1. The van der Waals surface area contributed by atoms with E-state index in [1.54, 1.807) is 0 Å². The van der Waals surface area contributed by atoms with Crippen molar-refractivity contribution >= 4 is 17.3 Å². The summed E-state index contributed by atoms with van der Waals surface area (Å²) in [6.45, 7) is -2.91. The first-order valence-electron chi connectivity index (χ1n) is 7.59. The van der Waals surface area contributed by atoms with Crippen LogP contribution in [0.4, 0.5) is 20.2 Å². The van der Waals surface area contributed by atoms with E-state index in [9.17, 15) is 23.7 Å². The number of alkyl halides is 2. The van der Waals surface area contributed by atoms with Gasteiger partial charge < -0.3 is 10.1 Å². The zero-order chi connectivity index (χ0) is 19.4. The Balaban J connectivity index is 1.69. The summed E-state index contributed by atoms with van der Waals surface area (Å²) in [5.41, 5.74) is 1.50. The normalized spacial score (nSPS) is 10.6. The van der Waals surface area contributed by atoms with Gasteiger partial charge in [0.25, 0.3) is 11.6 Å². The van der Waals surface area contributed by atoms with Crippen LogP contribution >= 0.6 is 0 Å². The van der Waals surface area contributed by atoms with Gasteiger partial charge in [0.2, 0.25) is 0 Å². The number of carbonyl (C=O) groups excluding carboxylic acids is 1. The third kappa shape index (κ3) is 4.42. The number of aromatic nitrogens is 2. The highest BCUT2D eigenvalue weighted by Crippen LogP contribution is 2.23. The van der Waals surface area contributed by atoms with Gasteiger partial charge in [-0.1, -0.05) is 0 Å². The molecule has 8 nitrogen and oxygen atoms in total. The number of nitro groups is 1. The number of hydrogen-bond acceptors (Lipinski definition) is 5. The number of carbonyl (C=O) groups is 1. The highest BCUT2D eigenvalue weighted by Gasteiger charge is 2.13. The Morgan fingerprint density at radius 3 is 2.41 bits per heavy atom. The molecule has 138 valence electrons. The van der Waals surface area contributed by atoms with Gasteiger partial charge in [-0.3, -0.25) is 20.0 Å². The molecule has 3 aromatic rings. The van der Waals surface area contributed by atoms with Crippen LogP contribution in [0, 0.1) is 10.1 Å². The average molecular weight is 374 g/mol. The number of anilines is 1. The van der Waals surface area contributed by atoms with Gasteiger partial charge in [-0.05, 0) is 42.5 Å². The summed E-state index contributed by atoms with van der Waals surface area (Å²) in [5, 5.41) is 19.8. The molecule has 0 aliphatic heterocycles. The molecule has 0 aliphatic rings. The molecule has 0 bridgehead atoms. The van der Waals surface area contributed by atoms with Crippen LogP contribution in [0.3, 0.4) is 0 Å². The minimum atomic E-state index is -2.91. The number of rotatable bonds is 6. The first-order chi connectivity index (χ1) is 12.9. The van der Waals surface area contributed by atoms with Crippen LogP contribution in [0.15, 0.2) is 54.6 Å². The second-order valence-corrected chi connectivity index (χ2v) is 5.33. The van der Waals surface area contributed by atoms with E-state index in [1.165, 1.54) is 54.6 Å². The molecule has 10 heteroatoms. The smallest absolute Gasteiger partial charge is 0.387 e. The van der Waals surface area contributed by atoms with Crippen molar-refractivity contribution in [2.75, 3.05) is 5.32 Å². The highest BCUT2D eigenvalue weighted by atomic mass is 19.3. The zero-order valence-corrected chi connectivity index (χ0v) is 13.6. The van der Waals surface area contributed by atoms with E-state index in [0.717, 1.165) is 0 Å². The van der Waals surface area contributed by atoms with Gasteiger partial charge in [-0.2, -0.15) is 13.9 Å². The predicted octanol–water partition coefficient (Wildman–Crippen LogP) is 3.84. The largest absolute Gasteiger partial charge is 0.435 e. The molecule has 0 saturated heterocycles. The monoisotopic (exact) mass is 374 g/mol. The quantitative estimate of drug-likeness (QED) is 0.503. The molecular weight excluding hydrogens is 362 g/mol. The lowest BCUT2D eigenvalue weighted by molar-refractivity contribution is -0.384. The number of aromatic amines is 1.